The van der Waals surface area contributed by atoms with Crippen molar-refractivity contribution in [2.75, 3.05) is 12.4 Å². The van der Waals surface area contributed by atoms with Gasteiger partial charge in [0.1, 0.15) is 12.4 Å². The van der Waals surface area contributed by atoms with Gasteiger partial charge in [-0.2, -0.15) is 0 Å². The van der Waals surface area contributed by atoms with Gasteiger partial charge in [-0.25, -0.2) is 14.2 Å². The van der Waals surface area contributed by atoms with Crippen LogP contribution in [0.4, 0.5) is 4.39 Å². The van der Waals surface area contributed by atoms with Gasteiger partial charge >= 0.3 is 5.97 Å². The normalized spacial score (nSPS) is 10.8. The van der Waals surface area contributed by atoms with E-state index in [1.807, 2.05) is 54.6 Å². The number of halogens is 1. The minimum Gasteiger partial charge on any atom is -0.461 e. The van der Waals surface area contributed by atoms with E-state index in [-0.39, 0.29) is 12.4 Å². The summed E-state index contributed by atoms with van der Waals surface area (Å²) in [4.78, 5) is 18.0. The number of aromatic nitrogens is 1. The highest BCUT2D eigenvalue weighted by Crippen LogP contribution is 2.26. The molecule has 0 aliphatic rings. The highest BCUT2D eigenvalue weighted by atomic mass is 32.2. The van der Waals surface area contributed by atoms with E-state index in [1.165, 1.54) is 17.8 Å². The van der Waals surface area contributed by atoms with Crippen LogP contribution < -0.4 is 0 Å². The van der Waals surface area contributed by atoms with Crippen molar-refractivity contribution in [1.82, 2.24) is 4.98 Å². The van der Waals surface area contributed by atoms with Crippen molar-refractivity contribution in [3.05, 3.63) is 96.3 Å². The van der Waals surface area contributed by atoms with Crippen molar-refractivity contribution >= 4 is 28.6 Å². The van der Waals surface area contributed by atoms with Crippen LogP contribution >= 0.6 is 11.8 Å². The molecule has 0 N–H and O–H groups in total. The molecule has 0 radical (unpaired) electrons. The zero-order chi connectivity index (χ0) is 20.1. The van der Waals surface area contributed by atoms with E-state index in [0.29, 0.717) is 16.2 Å². The Hall–Kier alpha value is -3.18. The van der Waals surface area contributed by atoms with Crippen LogP contribution in [0.2, 0.25) is 0 Å². The SMILES string of the molecule is O=C(OCCSc1ccccc1F)c1cc(-c2ccccc2)nc2ccccc12. The second-order valence-electron chi connectivity index (χ2n) is 6.35. The molecule has 0 aliphatic heterocycles. The summed E-state index contributed by atoms with van der Waals surface area (Å²) in [5, 5.41) is 0.749. The Morgan fingerprint density at radius 3 is 2.48 bits per heavy atom. The third kappa shape index (κ3) is 4.46. The monoisotopic (exact) mass is 403 g/mol. The van der Waals surface area contributed by atoms with E-state index in [1.54, 1.807) is 24.3 Å². The zero-order valence-corrected chi connectivity index (χ0v) is 16.4. The lowest BCUT2D eigenvalue weighted by atomic mass is 10.0. The first-order chi connectivity index (χ1) is 14.2. The van der Waals surface area contributed by atoms with E-state index >= 15 is 0 Å². The molecule has 3 aromatic carbocycles. The molecule has 0 aliphatic carbocycles. The Labute approximate surface area is 172 Å². The van der Waals surface area contributed by atoms with E-state index in [0.717, 1.165) is 22.2 Å². The molecular formula is C24H18FNO2S. The van der Waals surface area contributed by atoms with Crippen molar-refractivity contribution < 1.29 is 13.9 Å². The fourth-order valence-electron chi connectivity index (χ4n) is 3.03. The standard InChI is InChI=1S/C24H18FNO2S/c25-20-11-5-7-13-23(20)29-15-14-28-24(27)19-16-22(17-8-2-1-3-9-17)26-21-12-6-4-10-18(19)21/h1-13,16H,14-15H2. The summed E-state index contributed by atoms with van der Waals surface area (Å²) >= 11 is 1.32. The number of hydrogen-bond acceptors (Lipinski definition) is 4. The number of pyridine rings is 1. The number of fused-ring (bicyclic) bond motifs is 1. The Bertz CT molecular complexity index is 1150. The van der Waals surface area contributed by atoms with Gasteiger partial charge in [0.2, 0.25) is 0 Å². The Morgan fingerprint density at radius 1 is 0.931 bits per heavy atom. The third-order valence-corrected chi connectivity index (χ3v) is 5.43. The number of rotatable bonds is 6. The van der Waals surface area contributed by atoms with E-state index in [9.17, 15) is 9.18 Å². The quantitative estimate of drug-likeness (QED) is 0.225. The first-order valence-electron chi connectivity index (χ1n) is 9.22. The topological polar surface area (TPSA) is 39.2 Å². The number of carbonyl (C=O) groups is 1. The molecule has 0 saturated carbocycles. The minimum absolute atomic E-state index is 0.190. The molecule has 4 rings (SSSR count). The summed E-state index contributed by atoms with van der Waals surface area (Å²) in [7, 11) is 0. The molecule has 1 aromatic heterocycles. The maximum Gasteiger partial charge on any atom is 0.338 e. The number of hydrogen-bond donors (Lipinski definition) is 0. The number of esters is 1. The van der Waals surface area contributed by atoms with Crippen LogP contribution in [0.25, 0.3) is 22.2 Å². The van der Waals surface area contributed by atoms with Crippen LogP contribution in [0.1, 0.15) is 10.4 Å². The van der Waals surface area contributed by atoms with Crippen molar-refractivity contribution in [2.45, 2.75) is 4.90 Å². The Morgan fingerprint density at radius 2 is 1.66 bits per heavy atom. The fourth-order valence-corrected chi connectivity index (χ4v) is 3.79. The summed E-state index contributed by atoms with van der Waals surface area (Å²) < 4.78 is 19.2. The van der Waals surface area contributed by atoms with Crippen LogP contribution in [0.3, 0.4) is 0 Å². The zero-order valence-electron chi connectivity index (χ0n) is 15.5. The lowest BCUT2D eigenvalue weighted by Gasteiger charge is -2.10. The molecule has 0 unspecified atom stereocenters. The molecule has 3 nitrogen and oxygen atoms in total. The van der Waals surface area contributed by atoms with Crippen LogP contribution in [-0.2, 0) is 4.74 Å². The fraction of sp³-hybridized carbons (Fsp3) is 0.0833. The first-order valence-corrected chi connectivity index (χ1v) is 10.2. The summed E-state index contributed by atoms with van der Waals surface area (Å²) in [6, 6.07) is 25.6. The molecule has 0 amide bonds. The van der Waals surface area contributed by atoms with E-state index in [4.69, 9.17) is 4.74 Å². The summed E-state index contributed by atoms with van der Waals surface area (Å²) in [6.07, 6.45) is 0. The maximum atomic E-state index is 13.7. The van der Waals surface area contributed by atoms with Crippen LogP contribution in [-0.4, -0.2) is 23.3 Å². The second-order valence-corrected chi connectivity index (χ2v) is 7.49. The van der Waals surface area contributed by atoms with Gasteiger partial charge in [0.05, 0.1) is 16.8 Å². The largest absolute Gasteiger partial charge is 0.461 e. The highest BCUT2D eigenvalue weighted by molar-refractivity contribution is 7.99. The van der Waals surface area contributed by atoms with Gasteiger partial charge in [-0.15, -0.1) is 11.8 Å². The molecule has 1 heterocycles. The maximum absolute atomic E-state index is 13.7. The Kier molecular flexibility index (Phi) is 5.86. The average molecular weight is 403 g/mol. The molecule has 0 spiro atoms. The van der Waals surface area contributed by atoms with Crippen LogP contribution in [0.15, 0.2) is 89.8 Å². The van der Waals surface area contributed by atoms with Gasteiger partial charge in [-0.05, 0) is 24.3 Å². The first kappa shape index (κ1) is 19.2. The van der Waals surface area contributed by atoms with Gasteiger partial charge in [-0.1, -0.05) is 60.7 Å². The van der Waals surface area contributed by atoms with E-state index in [2.05, 4.69) is 4.98 Å². The summed E-state index contributed by atoms with van der Waals surface area (Å²) in [6.45, 7) is 0.190. The van der Waals surface area contributed by atoms with Gasteiger partial charge in [0.15, 0.2) is 0 Å². The molecular weight excluding hydrogens is 385 g/mol. The molecule has 4 aromatic rings. The number of ether oxygens (including phenoxy) is 1. The van der Waals surface area contributed by atoms with E-state index < -0.39 is 5.97 Å². The number of carbonyl (C=O) groups excluding carboxylic acids is 1. The molecule has 0 bridgehead atoms. The van der Waals surface area contributed by atoms with Gasteiger partial charge in [0, 0.05) is 21.6 Å². The molecule has 0 saturated heterocycles. The lowest BCUT2D eigenvalue weighted by Crippen LogP contribution is -2.09. The number of nitrogens with zero attached hydrogens (tertiary/aromatic N) is 1. The number of para-hydroxylation sites is 1. The lowest BCUT2D eigenvalue weighted by molar-refractivity contribution is 0.0532. The Balaban J connectivity index is 1.53. The highest BCUT2D eigenvalue weighted by Gasteiger charge is 2.15. The van der Waals surface area contributed by atoms with Gasteiger partial charge in [0.25, 0.3) is 0 Å². The van der Waals surface area contributed by atoms with Crippen molar-refractivity contribution in [3.8, 4) is 11.3 Å². The minimum atomic E-state index is -0.407. The molecule has 0 atom stereocenters. The predicted molar refractivity (Wildman–Crippen MR) is 115 cm³/mol. The van der Waals surface area contributed by atoms with Gasteiger partial charge in [-0.3, -0.25) is 0 Å². The number of benzene rings is 3. The average Bonchev–Trinajstić information content (AvgIpc) is 2.77. The van der Waals surface area contributed by atoms with Gasteiger partial charge < -0.3 is 4.74 Å². The van der Waals surface area contributed by atoms with Crippen LogP contribution in [0.5, 0.6) is 0 Å². The number of thioether (sulfide) groups is 1. The second kappa shape index (κ2) is 8.88. The third-order valence-electron chi connectivity index (χ3n) is 4.42. The van der Waals surface area contributed by atoms with Crippen molar-refractivity contribution in [1.29, 1.82) is 0 Å². The summed E-state index contributed by atoms with van der Waals surface area (Å²) in [5.41, 5.74) is 2.87. The smallest absolute Gasteiger partial charge is 0.338 e. The predicted octanol–water partition coefficient (Wildman–Crippen LogP) is 5.99. The summed E-state index contributed by atoms with van der Waals surface area (Å²) in [5.74, 6) is -0.201. The van der Waals surface area contributed by atoms with Crippen LogP contribution in [0, 0.1) is 5.82 Å². The molecule has 144 valence electrons. The van der Waals surface area contributed by atoms with Crippen molar-refractivity contribution in [3.63, 3.8) is 0 Å². The van der Waals surface area contributed by atoms with Crippen molar-refractivity contribution in [2.24, 2.45) is 0 Å². The molecule has 29 heavy (non-hydrogen) atoms. The molecule has 0 fully saturated rings. The molecule has 5 heteroatoms.